The van der Waals surface area contributed by atoms with E-state index in [1.165, 1.54) is 12.8 Å². The van der Waals surface area contributed by atoms with E-state index in [4.69, 9.17) is 0 Å². The van der Waals surface area contributed by atoms with E-state index >= 15 is 0 Å². The minimum atomic E-state index is 0.353. The number of fused-ring (bicyclic) bond motifs is 3. The van der Waals surface area contributed by atoms with E-state index in [0.717, 1.165) is 24.4 Å². The maximum absolute atomic E-state index is 3.65. The summed E-state index contributed by atoms with van der Waals surface area (Å²) < 4.78 is 0. The second kappa shape index (κ2) is 3.84. The topological polar surface area (TPSA) is 12.0 Å². The highest BCUT2D eigenvalue weighted by atomic mass is 14.9. The third kappa shape index (κ3) is 1.63. The van der Waals surface area contributed by atoms with E-state index in [9.17, 15) is 0 Å². The van der Waals surface area contributed by atoms with Crippen LogP contribution in [0.1, 0.15) is 50.7 Å². The van der Waals surface area contributed by atoms with Crippen LogP contribution in [-0.2, 0) is 5.41 Å². The molecule has 1 aromatic rings. The van der Waals surface area contributed by atoms with Gasteiger partial charge in [0.25, 0.3) is 0 Å². The molecule has 0 spiro atoms. The summed E-state index contributed by atoms with van der Waals surface area (Å²) >= 11 is 0. The van der Waals surface area contributed by atoms with Crippen molar-refractivity contribution in [2.24, 2.45) is 5.92 Å². The van der Waals surface area contributed by atoms with Gasteiger partial charge in [0, 0.05) is 6.04 Å². The molecule has 0 aromatic heterocycles. The summed E-state index contributed by atoms with van der Waals surface area (Å²) in [5.74, 6) is 1.68. The number of hydrogen-bond acceptors (Lipinski definition) is 1. The predicted octanol–water partition coefficient (Wildman–Crippen LogP) is 3.45. The predicted molar refractivity (Wildman–Crippen MR) is 72.4 cm³/mol. The lowest BCUT2D eigenvalue weighted by molar-refractivity contribution is 0.113. The van der Waals surface area contributed by atoms with E-state index < -0.39 is 0 Å². The van der Waals surface area contributed by atoms with Gasteiger partial charge in [-0.1, -0.05) is 45.0 Å². The lowest BCUT2D eigenvalue weighted by Gasteiger charge is -2.53. The smallest absolute Gasteiger partial charge is 0.0107 e. The van der Waals surface area contributed by atoms with Gasteiger partial charge in [-0.3, -0.25) is 0 Å². The summed E-state index contributed by atoms with van der Waals surface area (Å²) in [6, 6.07) is 9.86. The van der Waals surface area contributed by atoms with Crippen LogP contribution in [0.4, 0.5) is 0 Å². The summed E-state index contributed by atoms with van der Waals surface area (Å²) in [4.78, 5) is 0. The van der Waals surface area contributed by atoms with Crippen LogP contribution in [-0.4, -0.2) is 12.6 Å². The number of hydrogen-bond donors (Lipinski definition) is 1. The van der Waals surface area contributed by atoms with Crippen LogP contribution in [0.5, 0.6) is 0 Å². The summed E-state index contributed by atoms with van der Waals surface area (Å²) in [7, 11) is 0. The third-order valence-electron chi connectivity index (χ3n) is 4.84. The van der Waals surface area contributed by atoms with E-state index in [-0.39, 0.29) is 0 Å². The number of benzene rings is 1. The summed E-state index contributed by atoms with van der Waals surface area (Å²) in [5, 5.41) is 3.65. The van der Waals surface area contributed by atoms with Crippen molar-refractivity contribution in [2.45, 2.75) is 51.0 Å². The van der Waals surface area contributed by atoms with Gasteiger partial charge < -0.3 is 5.32 Å². The van der Waals surface area contributed by atoms with Crippen LogP contribution in [0.25, 0.3) is 0 Å². The molecule has 0 aliphatic heterocycles. The Morgan fingerprint density at radius 3 is 2.82 bits per heavy atom. The molecule has 0 radical (unpaired) electrons. The lowest BCUT2D eigenvalue weighted by Crippen LogP contribution is -2.53. The molecule has 17 heavy (non-hydrogen) atoms. The van der Waals surface area contributed by atoms with E-state index in [1.54, 1.807) is 11.1 Å². The fourth-order valence-electron chi connectivity index (χ4n) is 3.98. The maximum Gasteiger partial charge on any atom is 0.0107 e. The zero-order valence-corrected chi connectivity index (χ0v) is 11.2. The van der Waals surface area contributed by atoms with E-state index in [2.05, 4.69) is 50.4 Å². The van der Waals surface area contributed by atoms with Crippen molar-refractivity contribution in [1.29, 1.82) is 0 Å². The van der Waals surface area contributed by atoms with Crippen LogP contribution in [0, 0.1) is 5.92 Å². The quantitative estimate of drug-likeness (QED) is 0.819. The molecule has 92 valence electrons. The van der Waals surface area contributed by atoms with Gasteiger partial charge in [0.2, 0.25) is 0 Å². The van der Waals surface area contributed by atoms with Gasteiger partial charge in [0.1, 0.15) is 0 Å². The zero-order chi connectivity index (χ0) is 12.0. The molecule has 3 rings (SSSR count). The fourth-order valence-corrected chi connectivity index (χ4v) is 3.98. The van der Waals surface area contributed by atoms with Crippen molar-refractivity contribution >= 4 is 0 Å². The summed E-state index contributed by atoms with van der Waals surface area (Å²) in [5.41, 5.74) is 3.57. The van der Waals surface area contributed by atoms with Gasteiger partial charge in [-0.2, -0.15) is 0 Å². The fraction of sp³-hybridized carbons (Fsp3) is 0.625. The van der Waals surface area contributed by atoms with Crippen LogP contribution in [0.15, 0.2) is 24.3 Å². The Kier molecular flexibility index (Phi) is 2.55. The van der Waals surface area contributed by atoms with Crippen molar-refractivity contribution in [3.05, 3.63) is 35.4 Å². The molecule has 0 amide bonds. The molecule has 0 saturated heterocycles. The molecule has 1 fully saturated rings. The number of rotatable bonds is 2. The van der Waals surface area contributed by atoms with Gasteiger partial charge in [0.05, 0.1) is 0 Å². The molecule has 1 saturated carbocycles. The Morgan fingerprint density at radius 1 is 1.29 bits per heavy atom. The molecule has 3 atom stereocenters. The van der Waals surface area contributed by atoms with Crippen molar-refractivity contribution < 1.29 is 0 Å². The maximum atomic E-state index is 3.65. The zero-order valence-electron chi connectivity index (χ0n) is 11.2. The van der Waals surface area contributed by atoms with Crippen molar-refractivity contribution in [3.63, 3.8) is 0 Å². The summed E-state index contributed by atoms with van der Waals surface area (Å²) in [6.45, 7) is 8.14. The Balaban J connectivity index is 1.94. The Bertz CT molecular complexity index is 421. The van der Waals surface area contributed by atoms with Crippen molar-refractivity contribution in [1.82, 2.24) is 5.32 Å². The first kappa shape index (κ1) is 11.3. The molecule has 1 heteroatoms. The minimum Gasteiger partial charge on any atom is -0.314 e. The molecular weight excluding hydrogens is 206 g/mol. The first-order valence-electron chi connectivity index (χ1n) is 6.96. The van der Waals surface area contributed by atoms with Gasteiger partial charge in [-0.05, 0) is 47.8 Å². The Morgan fingerprint density at radius 2 is 2.06 bits per heavy atom. The van der Waals surface area contributed by atoms with Crippen LogP contribution >= 0.6 is 0 Å². The van der Waals surface area contributed by atoms with E-state index in [1.807, 2.05) is 0 Å². The first-order chi connectivity index (χ1) is 8.13. The van der Waals surface area contributed by atoms with Crippen LogP contribution in [0.3, 0.4) is 0 Å². The summed E-state index contributed by atoms with van der Waals surface area (Å²) in [6.07, 6.45) is 2.68. The molecule has 1 nitrogen and oxygen atoms in total. The van der Waals surface area contributed by atoms with E-state index in [0.29, 0.717) is 5.41 Å². The average molecular weight is 229 g/mol. The number of nitrogens with one attached hydrogen (secondary N) is 1. The molecular formula is C16H23N. The highest BCUT2D eigenvalue weighted by Gasteiger charge is 2.48. The second-order valence-corrected chi connectivity index (χ2v) is 6.35. The first-order valence-corrected chi connectivity index (χ1v) is 6.96. The molecule has 3 unspecified atom stereocenters. The van der Waals surface area contributed by atoms with Crippen molar-refractivity contribution in [2.75, 3.05) is 6.54 Å². The molecule has 2 aliphatic rings. The van der Waals surface area contributed by atoms with Crippen LogP contribution in [0.2, 0.25) is 0 Å². The Labute approximate surface area is 105 Å². The normalized spacial score (nSPS) is 33.5. The monoisotopic (exact) mass is 229 g/mol. The van der Waals surface area contributed by atoms with Gasteiger partial charge in [0.15, 0.2) is 0 Å². The van der Waals surface area contributed by atoms with Crippen molar-refractivity contribution in [3.8, 4) is 0 Å². The minimum absolute atomic E-state index is 0.353. The second-order valence-electron chi connectivity index (χ2n) is 6.35. The lowest BCUT2D eigenvalue weighted by atomic mass is 9.54. The SMILES string of the molecule is CCNC1CC2c3ccccc3C(C)(C)CC12. The van der Waals surface area contributed by atoms with Crippen LogP contribution < -0.4 is 5.32 Å². The highest BCUT2D eigenvalue weighted by molar-refractivity contribution is 5.41. The largest absolute Gasteiger partial charge is 0.314 e. The Hall–Kier alpha value is -0.820. The standard InChI is InChI=1S/C16H23N/c1-4-17-15-9-12-11-7-5-6-8-14(11)16(2,3)10-13(12)15/h5-8,12-13,15,17H,4,9-10H2,1-3H3. The van der Waals surface area contributed by atoms with Gasteiger partial charge >= 0.3 is 0 Å². The van der Waals surface area contributed by atoms with Gasteiger partial charge in [-0.15, -0.1) is 0 Å². The molecule has 1 N–H and O–H groups in total. The molecule has 2 aliphatic carbocycles. The highest BCUT2D eigenvalue weighted by Crippen LogP contribution is 2.55. The van der Waals surface area contributed by atoms with Gasteiger partial charge in [-0.25, -0.2) is 0 Å². The molecule has 0 bridgehead atoms. The molecule has 1 aromatic carbocycles. The third-order valence-corrected chi connectivity index (χ3v) is 4.84. The average Bonchev–Trinajstić information content (AvgIpc) is 2.30. The molecule has 0 heterocycles.